The van der Waals surface area contributed by atoms with Crippen LogP contribution in [0.4, 0.5) is 42.9 Å². The monoisotopic (exact) mass is 766 g/mol. The van der Waals surface area contributed by atoms with E-state index in [-0.39, 0.29) is 12.5 Å². The summed E-state index contributed by atoms with van der Waals surface area (Å²) in [5.74, 6) is -2.07. The van der Waals surface area contributed by atoms with Crippen molar-refractivity contribution in [2.45, 2.75) is 69.5 Å². The number of nitrogens with one attached hydrogen (secondary N) is 4. The zero-order chi connectivity index (χ0) is 38.7. The summed E-state index contributed by atoms with van der Waals surface area (Å²) in [4.78, 5) is 29.6. The maximum atomic E-state index is 12.8. The van der Waals surface area contributed by atoms with Crippen LogP contribution in [0.2, 0.25) is 0 Å². The minimum Gasteiger partial charge on any atom is -0.475 e. The van der Waals surface area contributed by atoms with E-state index in [1.165, 1.54) is 12.1 Å². The molecule has 1 fully saturated rings. The molecule has 0 aliphatic heterocycles. The number of aromatic nitrogens is 2. The Hall–Kier alpha value is -4.59. The number of alkyl halides is 6. The van der Waals surface area contributed by atoms with Gasteiger partial charge in [-0.3, -0.25) is 0 Å². The van der Waals surface area contributed by atoms with Crippen LogP contribution in [-0.4, -0.2) is 79.9 Å². The molecule has 288 valence electrons. The summed E-state index contributed by atoms with van der Waals surface area (Å²) in [7, 11) is -4.20. The summed E-state index contributed by atoms with van der Waals surface area (Å²) in [5, 5.41) is 17.3. The highest BCUT2D eigenvalue weighted by Gasteiger charge is 2.38. The Morgan fingerprint density at radius 3 is 2.02 bits per heavy atom. The second kappa shape index (κ2) is 17.8. The van der Waals surface area contributed by atoms with Gasteiger partial charge in [0.05, 0.1) is 5.52 Å². The Bertz CT molecular complexity index is 1760. The van der Waals surface area contributed by atoms with Gasteiger partial charge in [-0.1, -0.05) is 24.3 Å². The molecule has 0 bridgehead atoms. The molecular weight excluding hydrogens is 726 g/mol. The van der Waals surface area contributed by atoms with Crippen molar-refractivity contribution in [1.82, 2.24) is 20.0 Å². The van der Waals surface area contributed by atoms with E-state index in [0.29, 0.717) is 37.3 Å². The Labute approximate surface area is 295 Å². The van der Waals surface area contributed by atoms with Gasteiger partial charge in [0.25, 0.3) is 0 Å². The predicted molar refractivity (Wildman–Crippen MR) is 178 cm³/mol. The lowest BCUT2D eigenvalue weighted by Crippen LogP contribution is -2.35. The number of halogens is 6. The van der Waals surface area contributed by atoms with Crippen molar-refractivity contribution in [3.8, 4) is 5.75 Å². The quantitative estimate of drug-likeness (QED) is 0.103. The van der Waals surface area contributed by atoms with Crippen molar-refractivity contribution in [3.63, 3.8) is 0 Å². The molecule has 13 nitrogen and oxygen atoms in total. The first-order valence-corrected chi connectivity index (χ1v) is 17.5. The van der Waals surface area contributed by atoms with Crippen LogP contribution >= 0.6 is 0 Å². The number of amides is 1. The molecule has 20 heteroatoms. The average molecular weight is 767 g/mol. The first-order chi connectivity index (χ1) is 24.1. The summed E-state index contributed by atoms with van der Waals surface area (Å²) in [6.45, 7) is 6.90. The van der Waals surface area contributed by atoms with E-state index in [2.05, 4.69) is 35.4 Å². The average Bonchev–Trinajstić information content (AvgIpc) is 3.03. The number of carbonyl (C=O) groups is 2. The van der Waals surface area contributed by atoms with Crippen molar-refractivity contribution < 1.29 is 58.9 Å². The normalized spacial score (nSPS) is 16.6. The van der Waals surface area contributed by atoms with Crippen LogP contribution in [0.15, 0.2) is 53.4 Å². The topological polar surface area (TPSA) is 181 Å². The van der Waals surface area contributed by atoms with Crippen LogP contribution in [0.1, 0.15) is 46.5 Å². The van der Waals surface area contributed by atoms with Crippen molar-refractivity contribution in [1.29, 1.82) is 0 Å². The Morgan fingerprint density at radius 1 is 0.846 bits per heavy atom. The van der Waals surface area contributed by atoms with Gasteiger partial charge in [-0.25, -0.2) is 27.7 Å². The van der Waals surface area contributed by atoms with Crippen LogP contribution in [0.3, 0.4) is 0 Å². The first-order valence-electron chi connectivity index (χ1n) is 16.0. The van der Waals surface area contributed by atoms with Crippen molar-refractivity contribution in [2.24, 2.45) is 11.8 Å². The number of nitrogens with zero attached hydrogens (tertiary/aromatic N) is 2. The van der Waals surface area contributed by atoms with Crippen LogP contribution in [0, 0.1) is 11.8 Å². The highest BCUT2D eigenvalue weighted by atomic mass is 32.2. The highest BCUT2D eigenvalue weighted by molar-refractivity contribution is 7.89. The van der Waals surface area contributed by atoms with E-state index in [9.17, 15) is 39.6 Å². The van der Waals surface area contributed by atoms with Crippen LogP contribution < -0.4 is 25.4 Å². The van der Waals surface area contributed by atoms with E-state index >= 15 is 0 Å². The molecule has 5 N–H and O–H groups in total. The number of carboxylic acid groups (broad SMARTS) is 1. The SMILES string of the molecule is CC(C)(C)OC(=O)NCCNc1nc(NCC2CCC(CNS(=O)(=O)c3ccccc3OC(F)(F)F)CC2)nc2ccccc12.O=C(O)C(F)(F)F. The van der Waals surface area contributed by atoms with E-state index in [1.54, 1.807) is 20.8 Å². The Morgan fingerprint density at radius 2 is 1.42 bits per heavy atom. The standard InChI is InChI=1S/C30H39F3N6O5S.C2HF3O2/c1-29(2,3)44-28(40)35-17-16-34-26-22-8-4-5-9-23(22)38-27(39-26)36-18-20-12-14-21(15-13-20)19-37-45(41,42)25-11-7-6-10-24(25)43-30(31,32)33;3-2(4,5)1(6)7/h4-11,20-21,37H,12-19H2,1-3H3,(H,35,40)(H2,34,36,38,39);(H,6,7). The third kappa shape index (κ3) is 14.2. The molecule has 0 atom stereocenters. The predicted octanol–water partition coefficient (Wildman–Crippen LogP) is 6.30. The van der Waals surface area contributed by atoms with Gasteiger partial charge in [-0.15, -0.1) is 13.2 Å². The van der Waals surface area contributed by atoms with Gasteiger partial charge in [0.2, 0.25) is 16.0 Å². The van der Waals surface area contributed by atoms with Crippen LogP contribution in [-0.2, 0) is 19.6 Å². The van der Waals surface area contributed by atoms with Gasteiger partial charge in [-0.2, -0.15) is 18.2 Å². The Kier molecular flexibility index (Phi) is 14.3. The molecule has 1 amide bonds. The molecule has 3 aromatic rings. The van der Waals surface area contributed by atoms with Crippen molar-refractivity contribution in [2.75, 3.05) is 36.8 Å². The fraction of sp³-hybridized carbons (Fsp3) is 0.500. The van der Waals surface area contributed by atoms with Gasteiger partial charge in [0, 0.05) is 31.6 Å². The van der Waals surface area contributed by atoms with Gasteiger partial charge in [-0.05, 0) is 82.6 Å². The lowest BCUT2D eigenvalue weighted by atomic mass is 9.82. The number of benzene rings is 2. The number of alkyl carbamates (subject to hydrolysis) is 1. The number of rotatable bonds is 12. The van der Waals surface area contributed by atoms with E-state index in [1.807, 2.05) is 24.3 Å². The van der Waals surface area contributed by atoms with Crippen LogP contribution in [0.25, 0.3) is 10.9 Å². The summed E-state index contributed by atoms with van der Waals surface area (Å²) >= 11 is 0. The van der Waals surface area contributed by atoms with Crippen molar-refractivity contribution >= 4 is 44.8 Å². The maximum absolute atomic E-state index is 12.8. The minimum atomic E-state index is -5.08. The second-order valence-corrected chi connectivity index (χ2v) is 14.4. The fourth-order valence-corrected chi connectivity index (χ4v) is 6.25. The van der Waals surface area contributed by atoms with Gasteiger partial charge < -0.3 is 30.5 Å². The molecule has 1 saturated carbocycles. The molecule has 0 saturated heterocycles. The minimum absolute atomic E-state index is 0.0498. The third-order valence-electron chi connectivity index (χ3n) is 7.37. The van der Waals surface area contributed by atoms with Gasteiger partial charge >= 0.3 is 24.6 Å². The molecular formula is C32H40F6N6O7S. The lowest BCUT2D eigenvalue weighted by molar-refractivity contribution is -0.275. The zero-order valence-corrected chi connectivity index (χ0v) is 29.2. The molecule has 4 rings (SSSR count). The number of fused-ring (bicyclic) bond motifs is 1. The summed E-state index contributed by atoms with van der Waals surface area (Å²) < 4.78 is 107. The number of hydrogen-bond acceptors (Lipinski definition) is 10. The number of anilines is 2. The van der Waals surface area contributed by atoms with Gasteiger partial charge in [0.15, 0.2) is 0 Å². The fourth-order valence-electron chi connectivity index (χ4n) is 5.01. The molecule has 1 aliphatic carbocycles. The highest BCUT2D eigenvalue weighted by Crippen LogP contribution is 2.32. The Balaban J connectivity index is 0.000000944. The first kappa shape index (κ1) is 41.8. The molecule has 52 heavy (non-hydrogen) atoms. The maximum Gasteiger partial charge on any atom is 0.573 e. The molecule has 1 heterocycles. The van der Waals surface area contributed by atoms with Crippen LogP contribution in [0.5, 0.6) is 5.75 Å². The molecule has 0 unspecified atom stereocenters. The van der Waals surface area contributed by atoms with E-state index < -0.39 is 50.9 Å². The smallest absolute Gasteiger partial charge is 0.475 e. The molecule has 0 radical (unpaired) electrons. The zero-order valence-electron chi connectivity index (χ0n) is 28.4. The number of carboxylic acids is 1. The van der Waals surface area contributed by atoms with E-state index in [0.717, 1.165) is 48.7 Å². The van der Waals surface area contributed by atoms with E-state index in [4.69, 9.17) is 14.6 Å². The van der Waals surface area contributed by atoms with Crippen molar-refractivity contribution in [3.05, 3.63) is 48.5 Å². The number of para-hydroxylation sites is 2. The molecule has 1 aromatic heterocycles. The lowest BCUT2D eigenvalue weighted by Gasteiger charge is -2.28. The second-order valence-electron chi connectivity index (χ2n) is 12.7. The number of sulfonamides is 1. The molecule has 2 aromatic carbocycles. The summed E-state index contributed by atoms with van der Waals surface area (Å²) in [6.07, 6.45) is -7.40. The summed E-state index contributed by atoms with van der Waals surface area (Å²) in [5.41, 5.74) is 0.179. The number of aliphatic carboxylic acids is 1. The summed E-state index contributed by atoms with van der Waals surface area (Å²) in [6, 6.07) is 12.3. The van der Waals surface area contributed by atoms with Gasteiger partial charge in [0.1, 0.15) is 22.1 Å². The number of carbonyl (C=O) groups excluding carboxylic acids is 1. The number of hydrogen-bond donors (Lipinski definition) is 5. The molecule has 1 aliphatic rings. The molecule has 0 spiro atoms. The number of ether oxygens (including phenoxy) is 2. The third-order valence-corrected chi connectivity index (χ3v) is 8.84. The largest absolute Gasteiger partial charge is 0.573 e.